The summed E-state index contributed by atoms with van der Waals surface area (Å²) in [5.41, 5.74) is 6.41. The van der Waals surface area contributed by atoms with Gasteiger partial charge in [-0.25, -0.2) is 0 Å². The molecule has 0 aliphatic heterocycles. The van der Waals surface area contributed by atoms with Crippen LogP contribution in [0.5, 0.6) is 0 Å². The molecule has 0 saturated heterocycles. The topological polar surface area (TPSA) is 81.2 Å². The second-order valence-corrected chi connectivity index (χ2v) is 3.53. The minimum absolute atomic E-state index is 0.212. The van der Waals surface area contributed by atoms with E-state index in [1.807, 2.05) is 0 Å². The predicted molar refractivity (Wildman–Crippen MR) is 57.4 cm³/mol. The molecule has 0 saturated carbocycles. The molecule has 0 fully saturated rings. The van der Waals surface area contributed by atoms with Gasteiger partial charge in [-0.3, -0.25) is 10.1 Å². The number of anilines is 1. The number of nitrogens with one attached hydrogen (secondary N) is 1. The highest BCUT2D eigenvalue weighted by Crippen LogP contribution is 2.07. The van der Waals surface area contributed by atoms with Crippen molar-refractivity contribution in [2.75, 3.05) is 5.32 Å². The fourth-order valence-corrected chi connectivity index (χ4v) is 1.16. The maximum absolute atomic E-state index is 11.5. The summed E-state index contributed by atoms with van der Waals surface area (Å²) < 4.78 is 4.99. The van der Waals surface area contributed by atoms with Crippen LogP contribution < -0.4 is 11.1 Å². The van der Waals surface area contributed by atoms with Gasteiger partial charge in [-0.15, -0.1) is 0 Å². The Kier molecular flexibility index (Phi) is 4.30. The summed E-state index contributed by atoms with van der Waals surface area (Å²) in [6, 6.07) is -0.276. The Morgan fingerprint density at radius 3 is 3.00 bits per heavy atom. The largest absolute Gasteiger partial charge is 0.432 e. The average Bonchev–Trinajstić information content (AvgIpc) is 2.60. The van der Waals surface area contributed by atoms with E-state index < -0.39 is 6.04 Å². The molecule has 0 bridgehead atoms. The van der Waals surface area contributed by atoms with Crippen LogP contribution in [0.25, 0.3) is 0 Å². The molecule has 1 aromatic rings. The molecule has 0 aromatic carbocycles. The maximum atomic E-state index is 11.5. The van der Waals surface area contributed by atoms with Crippen LogP contribution in [0.15, 0.2) is 10.7 Å². The van der Waals surface area contributed by atoms with Gasteiger partial charge in [0.2, 0.25) is 5.91 Å². The Morgan fingerprint density at radius 1 is 1.73 bits per heavy atom. The lowest BCUT2D eigenvalue weighted by Crippen LogP contribution is -2.35. The van der Waals surface area contributed by atoms with E-state index in [0.29, 0.717) is 6.42 Å². The van der Waals surface area contributed by atoms with Crippen LogP contribution in [0.4, 0.5) is 6.01 Å². The van der Waals surface area contributed by atoms with Crippen molar-refractivity contribution in [1.82, 2.24) is 4.98 Å². The van der Waals surface area contributed by atoms with Crippen LogP contribution in [0, 0.1) is 6.92 Å². The smallest absolute Gasteiger partial charge is 0.301 e. The Labute approximate surface area is 89.1 Å². The molecule has 1 rings (SSSR count). The van der Waals surface area contributed by atoms with Gasteiger partial charge in [-0.1, -0.05) is 19.8 Å². The Hall–Kier alpha value is -1.36. The van der Waals surface area contributed by atoms with Gasteiger partial charge in [0.25, 0.3) is 0 Å². The molecule has 3 N–H and O–H groups in total. The van der Waals surface area contributed by atoms with Crippen LogP contribution in [0.2, 0.25) is 0 Å². The zero-order valence-corrected chi connectivity index (χ0v) is 9.12. The number of nitrogens with zero attached hydrogens (tertiary/aromatic N) is 1. The Bertz CT molecular complexity index is 322. The van der Waals surface area contributed by atoms with Gasteiger partial charge in [0, 0.05) is 0 Å². The van der Waals surface area contributed by atoms with E-state index in [1.165, 1.54) is 6.26 Å². The van der Waals surface area contributed by atoms with Crippen LogP contribution in [-0.2, 0) is 4.79 Å². The maximum Gasteiger partial charge on any atom is 0.301 e. The first-order chi connectivity index (χ1) is 7.13. The second-order valence-electron chi connectivity index (χ2n) is 3.53. The number of amides is 1. The van der Waals surface area contributed by atoms with Crippen molar-refractivity contribution >= 4 is 11.9 Å². The molecule has 1 heterocycles. The number of unbranched alkanes of at least 4 members (excludes halogenated alkanes) is 1. The summed E-state index contributed by atoms with van der Waals surface area (Å²) in [5.74, 6) is -0.245. The molecule has 1 aromatic heterocycles. The molecular formula is C10H17N3O2. The van der Waals surface area contributed by atoms with Crippen molar-refractivity contribution in [2.24, 2.45) is 5.73 Å². The number of carbonyl (C=O) groups excluding carboxylic acids is 1. The minimum Gasteiger partial charge on any atom is -0.432 e. The molecule has 15 heavy (non-hydrogen) atoms. The number of hydrogen-bond acceptors (Lipinski definition) is 4. The molecule has 0 radical (unpaired) electrons. The van der Waals surface area contributed by atoms with E-state index in [2.05, 4.69) is 17.2 Å². The lowest BCUT2D eigenvalue weighted by molar-refractivity contribution is -0.117. The number of rotatable bonds is 5. The number of carbonyl (C=O) groups is 1. The first kappa shape index (κ1) is 11.7. The van der Waals surface area contributed by atoms with E-state index in [1.54, 1.807) is 6.92 Å². The number of aryl methyl sites for hydroxylation is 1. The molecule has 84 valence electrons. The van der Waals surface area contributed by atoms with E-state index in [0.717, 1.165) is 18.5 Å². The molecule has 0 aliphatic rings. The summed E-state index contributed by atoms with van der Waals surface area (Å²) in [6.07, 6.45) is 4.13. The van der Waals surface area contributed by atoms with Crippen LogP contribution in [0.3, 0.4) is 0 Å². The third kappa shape index (κ3) is 3.71. The van der Waals surface area contributed by atoms with Crippen molar-refractivity contribution in [3.63, 3.8) is 0 Å². The number of hydrogen-bond donors (Lipinski definition) is 2. The van der Waals surface area contributed by atoms with Crippen LogP contribution in [0.1, 0.15) is 31.9 Å². The van der Waals surface area contributed by atoms with Gasteiger partial charge >= 0.3 is 6.01 Å². The van der Waals surface area contributed by atoms with Crippen molar-refractivity contribution < 1.29 is 9.21 Å². The summed E-state index contributed by atoms with van der Waals surface area (Å²) in [4.78, 5) is 15.5. The van der Waals surface area contributed by atoms with Gasteiger partial charge in [0.1, 0.15) is 6.26 Å². The normalized spacial score (nSPS) is 12.5. The third-order valence-electron chi connectivity index (χ3n) is 2.05. The van der Waals surface area contributed by atoms with Gasteiger partial charge in [0.05, 0.1) is 11.7 Å². The summed E-state index contributed by atoms with van der Waals surface area (Å²) in [5, 5.41) is 2.53. The van der Waals surface area contributed by atoms with Crippen molar-refractivity contribution in [1.29, 1.82) is 0 Å². The lowest BCUT2D eigenvalue weighted by Gasteiger charge is -2.08. The summed E-state index contributed by atoms with van der Waals surface area (Å²) >= 11 is 0. The Morgan fingerprint density at radius 2 is 2.47 bits per heavy atom. The van der Waals surface area contributed by atoms with Crippen molar-refractivity contribution in [3.05, 3.63) is 12.0 Å². The summed E-state index contributed by atoms with van der Waals surface area (Å²) in [7, 11) is 0. The zero-order valence-electron chi connectivity index (χ0n) is 9.12. The Balaban J connectivity index is 2.41. The molecular weight excluding hydrogens is 194 g/mol. The van der Waals surface area contributed by atoms with Gasteiger partial charge in [-0.2, -0.15) is 4.98 Å². The van der Waals surface area contributed by atoms with Crippen molar-refractivity contribution in [3.8, 4) is 0 Å². The van der Waals surface area contributed by atoms with E-state index in [-0.39, 0.29) is 11.9 Å². The first-order valence-electron chi connectivity index (χ1n) is 5.12. The standard InChI is InChI=1S/C10H17N3O2/c1-3-4-5-8(11)9(14)13-10-12-7(2)6-15-10/h6,8H,3-5,11H2,1-2H3,(H,12,13,14). The SMILES string of the molecule is CCCCC(N)C(=O)Nc1nc(C)co1. The molecule has 5 heteroatoms. The molecule has 0 aliphatic carbocycles. The first-order valence-corrected chi connectivity index (χ1v) is 5.12. The van der Waals surface area contributed by atoms with E-state index >= 15 is 0 Å². The van der Waals surface area contributed by atoms with Gasteiger partial charge < -0.3 is 10.2 Å². The molecule has 1 unspecified atom stereocenters. The molecule has 1 atom stereocenters. The average molecular weight is 211 g/mol. The number of aromatic nitrogens is 1. The van der Waals surface area contributed by atoms with E-state index in [9.17, 15) is 4.79 Å². The highest BCUT2D eigenvalue weighted by molar-refractivity contribution is 5.92. The molecule has 5 nitrogen and oxygen atoms in total. The van der Waals surface area contributed by atoms with Gasteiger partial charge in [0.15, 0.2) is 0 Å². The fourth-order valence-electron chi connectivity index (χ4n) is 1.16. The second kappa shape index (κ2) is 5.50. The minimum atomic E-state index is -0.489. The monoisotopic (exact) mass is 211 g/mol. The van der Waals surface area contributed by atoms with Crippen LogP contribution in [-0.4, -0.2) is 16.9 Å². The van der Waals surface area contributed by atoms with Crippen LogP contribution >= 0.6 is 0 Å². The quantitative estimate of drug-likeness (QED) is 0.772. The fraction of sp³-hybridized carbons (Fsp3) is 0.600. The highest BCUT2D eigenvalue weighted by Gasteiger charge is 2.14. The lowest BCUT2D eigenvalue weighted by atomic mass is 10.1. The van der Waals surface area contributed by atoms with Crippen molar-refractivity contribution in [2.45, 2.75) is 39.2 Å². The number of nitrogens with two attached hydrogens (primary N) is 1. The van der Waals surface area contributed by atoms with E-state index in [4.69, 9.17) is 10.2 Å². The molecule has 0 spiro atoms. The summed E-state index contributed by atoms with van der Waals surface area (Å²) in [6.45, 7) is 3.85. The third-order valence-corrected chi connectivity index (χ3v) is 2.05. The number of oxazole rings is 1. The predicted octanol–water partition coefficient (Wildman–Crippen LogP) is 1.44. The zero-order chi connectivity index (χ0) is 11.3. The molecule has 1 amide bonds. The highest BCUT2D eigenvalue weighted by atomic mass is 16.4. The van der Waals surface area contributed by atoms with Gasteiger partial charge in [-0.05, 0) is 13.3 Å².